The van der Waals surface area contributed by atoms with E-state index in [1.54, 1.807) is 55.8 Å². The minimum atomic E-state index is -0.822. The van der Waals surface area contributed by atoms with Crippen LogP contribution in [0.5, 0.6) is 11.5 Å². The third kappa shape index (κ3) is 6.65. The summed E-state index contributed by atoms with van der Waals surface area (Å²) in [7, 11) is 3.24. The number of hydrogen-bond donors (Lipinski definition) is 0. The Balaban J connectivity index is 1.72. The quantitative estimate of drug-likeness (QED) is 0.178. The number of methoxy groups -OCH3 is 2. The second kappa shape index (κ2) is 12.7. The normalized spacial score (nSPS) is 12.0. The predicted octanol–water partition coefficient (Wildman–Crippen LogP) is 9.59. The molecule has 0 bridgehead atoms. The molecule has 0 aliphatic rings. The highest BCUT2D eigenvalue weighted by Gasteiger charge is 2.32. The van der Waals surface area contributed by atoms with Gasteiger partial charge in [0.2, 0.25) is 0 Å². The van der Waals surface area contributed by atoms with E-state index in [0.717, 1.165) is 33.4 Å². The zero-order valence-corrected chi connectivity index (χ0v) is 30.2. The van der Waals surface area contributed by atoms with Gasteiger partial charge in [0, 0.05) is 11.1 Å². The maximum atomic E-state index is 14.2. The van der Waals surface area contributed by atoms with Crippen LogP contribution in [-0.4, -0.2) is 56.7 Å². The van der Waals surface area contributed by atoms with E-state index in [4.69, 9.17) is 28.9 Å². The van der Waals surface area contributed by atoms with Crippen molar-refractivity contribution >= 4 is 34.3 Å². The minimum absolute atomic E-state index is 0.134. The van der Waals surface area contributed by atoms with Gasteiger partial charge >= 0.3 is 12.2 Å². The fraction of sp³-hybridized carbons (Fsp3) is 0.300. The molecule has 10 nitrogen and oxygen atoms in total. The number of ether oxygens (including phenoxy) is 4. The van der Waals surface area contributed by atoms with Crippen LogP contribution in [0, 0.1) is 13.8 Å². The lowest BCUT2D eigenvalue weighted by molar-refractivity contribution is 0.0526. The summed E-state index contributed by atoms with van der Waals surface area (Å²) in [6.45, 7) is 14.7. The molecule has 2 heterocycles. The summed E-state index contributed by atoms with van der Waals surface area (Å²) >= 11 is 0. The average molecular weight is 675 g/mol. The highest BCUT2D eigenvalue weighted by atomic mass is 16.6. The average Bonchev–Trinajstić information content (AvgIpc) is 3.61. The molecule has 0 saturated carbocycles. The van der Waals surface area contributed by atoms with Gasteiger partial charge in [-0.2, -0.15) is 0 Å². The van der Waals surface area contributed by atoms with Crippen LogP contribution in [0.3, 0.4) is 0 Å². The molecule has 0 unspecified atom stereocenters. The lowest BCUT2D eigenvalue weighted by Gasteiger charge is -2.21. The van der Waals surface area contributed by atoms with Crippen molar-refractivity contribution in [3.05, 3.63) is 83.9 Å². The Bertz CT molecular complexity index is 2090. The molecule has 0 amide bonds. The molecule has 6 rings (SSSR count). The third-order valence-corrected chi connectivity index (χ3v) is 7.96. The van der Waals surface area contributed by atoms with E-state index in [-0.39, 0.29) is 11.6 Å². The third-order valence-electron chi connectivity index (χ3n) is 7.96. The van der Waals surface area contributed by atoms with Crippen LogP contribution in [0.25, 0.3) is 56.0 Å². The topological polar surface area (TPSA) is 107 Å². The zero-order valence-electron chi connectivity index (χ0n) is 30.2. The molecule has 0 atom stereocenters. The number of imidazole rings is 2. The predicted molar refractivity (Wildman–Crippen MR) is 195 cm³/mol. The van der Waals surface area contributed by atoms with Gasteiger partial charge in [0.1, 0.15) is 22.7 Å². The Hall–Kier alpha value is -5.64. The van der Waals surface area contributed by atoms with Gasteiger partial charge in [-0.1, -0.05) is 24.3 Å². The lowest BCUT2D eigenvalue weighted by Crippen LogP contribution is -2.29. The molecule has 0 aliphatic carbocycles. The number of fused-ring (bicyclic) bond motifs is 2. The number of carbonyl (C=O) groups is 2. The van der Waals surface area contributed by atoms with E-state index in [0.29, 0.717) is 33.6 Å². The zero-order chi connectivity index (χ0) is 36.1. The van der Waals surface area contributed by atoms with Crippen molar-refractivity contribution in [1.82, 2.24) is 19.1 Å². The van der Waals surface area contributed by atoms with Crippen molar-refractivity contribution in [2.45, 2.75) is 66.6 Å². The van der Waals surface area contributed by atoms with Gasteiger partial charge in [0.15, 0.2) is 11.6 Å². The van der Waals surface area contributed by atoms with E-state index in [1.807, 2.05) is 86.6 Å². The number of aryl methyl sites for hydroxylation is 2. The van der Waals surface area contributed by atoms with E-state index < -0.39 is 23.4 Å². The number of hydrogen-bond acceptors (Lipinski definition) is 8. The number of aromatic nitrogens is 4. The van der Waals surface area contributed by atoms with Crippen LogP contribution in [0.2, 0.25) is 0 Å². The van der Waals surface area contributed by atoms with Crippen LogP contribution >= 0.6 is 0 Å². The van der Waals surface area contributed by atoms with Crippen molar-refractivity contribution in [3.63, 3.8) is 0 Å². The number of nitrogens with zero attached hydrogens (tertiary/aromatic N) is 4. The minimum Gasteiger partial charge on any atom is -0.497 e. The van der Waals surface area contributed by atoms with E-state index in [2.05, 4.69) is 0 Å². The summed E-state index contributed by atoms with van der Waals surface area (Å²) in [6.07, 6.45) is -1.31. The molecule has 2 aromatic heterocycles. The molecule has 0 fully saturated rings. The molecule has 0 radical (unpaired) electrons. The maximum Gasteiger partial charge on any atom is 0.420 e. The van der Waals surface area contributed by atoms with E-state index >= 15 is 0 Å². The second-order valence-electron chi connectivity index (χ2n) is 14.3. The molecular formula is C40H42N4O6. The maximum absolute atomic E-state index is 14.2. The molecule has 0 spiro atoms. The van der Waals surface area contributed by atoms with Gasteiger partial charge in [-0.05, 0) is 126 Å². The van der Waals surface area contributed by atoms with Crippen molar-refractivity contribution in [1.29, 1.82) is 0 Å². The van der Waals surface area contributed by atoms with Crippen molar-refractivity contribution in [2.75, 3.05) is 14.2 Å². The molecule has 0 saturated heterocycles. The lowest BCUT2D eigenvalue weighted by atomic mass is 10.0. The van der Waals surface area contributed by atoms with Gasteiger partial charge < -0.3 is 18.9 Å². The summed E-state index contributed by atoms with van der Waals surface area (Å²) in [6, 6.07) is 23.1. The van der Waals surface area contributed by atoms with Crippen LogP contribution < -0.4 is 9.47 Å². The van der Waals surface area contributed by atoms with Crippen molar-refractivity contribution < 1.29 is 28.5 Å². The SMILES string of the molecule is COc1ccc(-c2cc(C)cc3c2nc(-c2nc4c(-c5ccc(OC)cc5)cc(C)cc4n2C(=O)OC(C)(C)C)n3C(=O)OC(C)(C)C)cc1. The first kappa shape index (κ1) is 34.2. The van der Waals surface area contributed by atoms with Gasteiger partial charge in [0.25, 0.3) is 0 Å². The Morgan fingerprint density at radius 3 is 1.20 bits per heavy atom. The molecule has 4 aromatic carbocycles. The van der Waals surface area contributed by atoms with Crippen molar-refractivity contribution in [2.24, 2.45) is 0 Å². The molecule has 6 aromatic rings. The summed E-state index contributed by atoms with van der Waals surface area (Å²) in [5.74, 6) is 1.70. The molecule has 50 heavy (non-hydrogen) atoms. The number of benzene rings is 4. The summed E-state index contributed by atoms with van der Waals surface area (Å²) in [4.78, 5) is 38.6. The summed E-state index contributed by atoms with van der Waals surface area (Å²) < 4.78 is 25.5. The van der Waals surface area contributed by atoms with E-state index in [9.17, 15) is 9.59 Å². The highest BCUT2D eigenvalue weighted by Crippen LogP contribution is 2.38. The fourth-order valence-electron chi connectivity index (χ4n) is 5.90. The van der Waals surface area contributed by atoms with Crippen LogP contribution in [-0.2, 0) is 9.47 Å². The van der Waals surface area contributed by atoms with Crippen LogP contribution in [0.15, 0.2) is 72.8 Å². The summed E-state index contributed by atoms with van der Waals surface area (Å²) in [5.41, 5.74) is 5.58. The van der Waals surface area contributed by atoms with E-state index in [1.165, 1.54) is 9.13 Å². The number of carbonyl (C=O) groups excluding carboxylic acids is 2. The monoisotopic (exact) mass is 674 g/mol. The van der Waals surface area contributed by atoms with Crippen LogP contribution in [0.4, 0.5) is 9.59 Å². The van der Waals surface area contributed by atoms with Crippen LogP contribution in [0.1, 0.15) is 52.7 Å². The molecule has 0 N–H and O–H groups in total. The summed E-state index contributed by atoms with van der Waals surface area (Å²) in [5, 5.41) is 0. The molecule has 0 aliphatic heterocycles. The fourth-order valence-corrected chi connectivity index (χ4v) is 5.90. The Kier molecular flexibility index (Phi) is 8.67. The largest absolute Gasteiger partial charge is 0.497 e. The van der Waals surface area contributed by atoms with Crippen molar-refractivity contribution in [3.8, 4) is 45.4 Å². The van der Waals surface area contributed by atoms with Gasteiger partial charge in [0.05, 0.1) is 36.3 Å². The van der Waals surface area contributed by atoms with Gasteiger partial charge in [-0.25, -0.2) is 28.7 Å². The smallest absolute Gasteiger partial charge is 0.420 e. The first-order valence-corrected chi connectivity index (χ1v) is 16.4. The Morgan fingerprint density at radius 2 is 0.900 bits per heavy atom. The molecular weight excluding hydrogens is 632 g/mol. The first-order chi connectivity index (χ1) is 23.6. The van der Waals surface area contributed by atoms with Gasteiger partial charge in [-0.3, -0.25) is 0 Å². The number of rotatable bonds is 5. The Morgan fingerprint density at radius 1 is 0.560 bits per heavy atom. The Labute approximate surface area is 291 Å². The molecule has 258 valence electrons. The second-order valence-corrected chi connectivity index (χ2v) is 14.3. The first-order valence-electron chi connectivity index (χ1n) is 16.4. The standard InChI is InChI=1S/C40H42N4O6/c1-23-19-29(25-11-15-27(47-9)16-12-25)33-31(21-23)43(37(45)49-39(3,4)5)35(41-33)36-42-34-30(26-13-17-28(48-10)18-14-26)20-24(2)22-32(34)44(36)38(46)50-40(6,7)8/h11-22H,1-10H3. The highest BCUT2D eigenvalue weighted by molar-refractivity contribution is 6.03. The molecule has 10 heteroatoms. The van der Waals surface area contributed by atoms with Gasteiger partial charge in [-0.15, -0.1) is 0 Å².